The van der Waals surface area contributed by atoms with Crippen LogP contribution in [0.1, 0.15) is 31.4 Å². The summed E-state index contributed by atoms with van der Waals surface area (Å²) in [6, 6.07) is 4.61. The molecule has 0 saturated heterocycles. The highest BCUT2D eigenvalue weighted by molar-refractivity contribution is 5.30. The topological polar surface area (TPSA) is 35.2 Å². The van der Waals surface area contributed by atoms with Crippen molar-refractivity contribution in [3.8, 4) is 5.75 Å². The van der Waals surface area contributed by atoms with Crippen molar-refractivity contribution in [1.82, 2.24) is 0 Å². The zero-order valence-corrected chi connectivity index (χ0v) is 8.16. The molecule has 0 aromatic heterocycles. The highest BCUT2D eigenvalue weighted by Crippen LogP contribution is 2.28. The first-order chi connectivity index (χ1) is 6.66. The zero-order valence-electron chi connectivity index (χ0n) is 8.16. The molecule has 0 heterocycles. The van der Waals surface area contributed by atoms with Crippen LogP contribution in [-0.4, -0.2) is 6.10 Å². The Bertz CT molecular complexity index is 334. The molecule has 2 rings (SSSR count). The van der Waals surface area contributed by atoms with Crippen LogP contribution in [0.3, 0.4) is 0 Å². The van der Waals surface area contributed by atoms with Gasteiger partial charge in [0.05, 0.1) is 6.10 Å². The molecule has 1 aliphatic rings. The maximum Gasteiger partial charge on any atom is 0.131 e. The van der Waals surface area contributed by atoms with E-state index in [0.29, 0.717) is 17.4 Å². The first-order valence-electron chi connectivity index (χ1n) is 4.88. The van der Waals surface area contributed by atoms with Crippen molar-refractivity contribution < 1.29 is 9.13 Å². The van der Waals surface area contributed by atoms with Gasteiger partial charge in [-0.2, -0.15) is 0 Å². The molecule has 2 nitrogen and oxygen atoms in total. The van der Waals surface area contributed by atoms with Crippen LogP contribution in [0.4, 0.5) is 4.39 Å². The van der Waals surface area contributed by atoms with E-state index >= 15 is 0 Å². The molecule has 3 heteroatoms. The van der Waals surface area contributed by atoms with Crippen LogP contribution in [0.2, 0.25) is 0 Å². The van der Waals surface area contributed by atoms with Gasteiger partial charge in [-0.3, -0.25) is 0 Å². The van der Waals surface area contributed by atoms with Crippen LogP contribution in [0.5, 0.6) is 5.75 Å². The third-order valence-corrected chi connectivity index (χ3v) is 2.29. The van der Waals surface area contributed by atoms with Crippen LogP contribution < -0.4 is 10.5 Å². The number of halogens is 1. The van der Waals surface area contributed by atoms with Gasteiger partial charge in [-0.05, 0) is 25.8 Å². The first kappa shape index (κ1) is 9.46. The standard InChI is InChI=1S/C11H14FNO/c1-7(13)10-5-4-9(6-11(10)12)14-8-2-3-8/h4-8H,2-3,13H2,1H3. The second-order valence-corrected chi connectivity index (χ2v) is 3.79. The Kier molecular flexibility index (Phi) is 2.42. The fraction of sp³-hybridized carbons (Fsp3) is 0.455. The summed E-state index contributed by atoms with van der Waals surface area (Å²) in [5, 5.41) is 0. The van der Waals surface area contributed by atoms with E-state index in [9.17, 15) is 4.39 Å². The van der Waals surface area contributed by atoms with Gasteiger partial charge >= 0.3 is 0 Å². The van der Waals surface area contributed by atoms with Crippen molar-refractivity contribution in [3.05, 3.63) is 29.6 Å². The van der Waals surface area contributed by atoms with Crippen LogP contribution in [0.15, 0.2) is 18.2 Å². The number of rotatable bonds is 3. The Morgan fingerprint density at radius 2 is 2.21 bits per heavy atom. The van der Waals surface area contributed by atoms with E-state index < -0.39 is 0 Å². The van der Waals surface area contributed by atoms with Crippen LogP contribution in [-0.2, 0) is 0 Å². The van der Waals surface area contributed by atoms with E-state index in [1.165, 1.54) is 6.07 Å². The lowest BCUT2D eigenvalue weighted by Crippen LogP contribution is -2.07. The number of ether oxygens (including phenoxy) is 1. The maximum absolute atomic E-state index is 13.4. The molecule has 1 unspecified atom stereocenters. The SMILES string of the molecule is CC(N)c1ccc(OC2CC2)cc1F. The van der Waals surface area contributed by atoms with E-state index in [4.69, 9.17) is 10.5 Å². The molecule has 0 aliphatic heterocycles. The number of hydrogen-bond acceptors (Lipinski definition) is 2. The summed E-state index contributed by atoms with van der Waals surface area (Å²) in [5.41, 5.74) is 6.13. The molecule has 0 radical (unpaired) electrons. The smallest absolute Gasteiger partial charge is 0.131 e. The Labute approximate surface area is 82.9 Å². The first-order valence-corrected chi connectivity index (χ1v) is 4.88. The molecule has 1 aromatic rings. The maximum atomic E-state index is 13.4. The summed E-state index contributed by atoms with van der Waals surface area (Å²) in [6.45, 7) is 1.76. The summed E-state index contributed by atoms with van der Waals surface area (Å²) in [6.07, 6.45) is 2.46. The summed E-state index contributed by atoms with van der Waals surface area (Å²) >= 11 is 0. The van der Waals surface area contributed by atoms with Gasteiger partial charge in [0.1, 0.15) is 11.6 Å². The van der Waals surface area contributed by atoms with Gasteiger partial charge in [-0.25, -0.2) is 4.39 Å². The minimum Gasteiger partial charge on any atom is -0.490 e. The molecular weight excluding hydrogens is 181 g/mol. The van der Waals surface area contributed by atoms with Gasteiger partial charge in [0.2, 0.25) is 0 Å². The summed E-state index contributed by atoms with van der Waals surface area (Å²) in [4.78, 5) is 0. The molecule has 1 fully saturated rings. The van der Waals surface area contributed by atoms with Crippen LogP contribution in [0.25, 0.3) is 0 Å². The molecular formula is C11H14FNO. The third-order valence-electron chi connectivity index (χ3n) is 2.29. The minimum absolute atomic E-state index is 0.273. The molecule has 14 heavy (non-hydrogen) atoms. The van der Waals surface area contributed by atoms with E-state index in [1.807, 2.05) is 0 Å². The highest BCUT2D eigenvalue weighted by Gasteiger charge is 2.23. The summed E-state index contributed by atoms with van der Waals surface area (Å²) in [5.74, 6) is 0.326. The predicted octanol–water partition coefficient (Wildman–Crippen LogP) is 2.39. The molecule has 2 N–H and O–H groups in total. The van der Waals surface area contributed by atoms with Gasteiger partial charge in [-0.1, -0.05) is 6.07 Å². The van der Waals surface area contributed by atoms with E-state index in [2.05, 4.69) is 0 Å². The van der Waals surface area contributed by atoms with Gasteiger partial charge in [0.15, 0.2) is 0 Å². The highest BCUT2D eigenvalue weighted by atomic mass is 19.1. The average Bonchev–Trinajstić information content (AvgIpc) is 2.87. The number of hydrogen-bond donors (Lipinski definition) is 1. The Hall–Kier alpha value is -1.09. The minimum atomic E-state index is -0.279. The van der Waals surface area contributed by atoms with Crippen molar-refractivity contribution in [2.75, 3.05) is 0 Å². The molecule has 76 valence electrons. The van der Waals surface area contributed by atoms with Crippen molar-refractivity contribution in [2.24, 2.45) is 5.73 Å². The molecule has 0 bridgehead atoms. The quantitative estimate of drug-likeness (QED) is 0.803. The van der Waals surface area contributed by atoms with Gasteiger partial charge < -0.3 is 10.5 Å². The van der Waals surface area contributed by atoms with Gasteiger partial charge in [-0.15, -0.1) is 0 Å². The van der Waals surface area contributed by atoms with Crippen molar-refractivity contribution in [3.63, 3.8) is 0 Å². The Balaban J connectivity index is 2.16. The lowest BCUT2D eigenvalue weighted by atomic mass is 10.1. The summed E-state index contributed by atoms with van der Waals surface area (Å²) < 4.78 is 18.9. The summed E-state index contributed by atoms with van der Waals surface area (Å²) in [7, 11) is 0. The Morgan fingerprint density at radius 1 is 1.50 bits per heavy atom. The van der Waals surface area contributed by atoms with Crippen molar-refractivity contribution in [1.29, 1.82) is 0 Å². The van der Waals surface area contributed by atoms with Crippen LogP contribution in [0, 0.1) is 5.82 Å². The van der Waals surface area contributed by atoms with Gasteiger partial charge in [0, 0.05) is 17.7 Å². The second kappa shape index (κ2) is 3.58. The average molecular weight is 195 g/mol. The lowest BCUT2D eigenvalue weighted by molar-refractivity contribution is 0.301. The van der Waals surface area contributed by atoms with E-state index in [1.54, 1.807) is 19.1 Å². The largest absolute Gasteiger partial charge is 0.490 e. The van der Waals surface area contributed by atoms with Gasteiger partial charge in [0.25, 0.3) is 0 Å². The van der Waals surface area contributed by atoms with Crippen molar-refractivity contribution in [2.45, 2.75) is 31.9 Å². The zero-order chi connectivity index (χ0) is 10.1. The fourth-order valence-electron chi connectivity index (χ4n) is 1.33. The van der Waals surface area contributed by atoms with E-state index in [0.717, 1.165) is 12.8 Å². The molecule has 1 aromatic carbocycles. The normalized spacial score (nSPS) is 17.9. The molecule has 1 atom stereocenters. The van der Waals surface area contributed by atoms with Crippen molar-refractivity contribution >= 4 is 0 Å². The van der Waals surface area contributed by atoms with Crippen LogP contribution >= 0.6 is 0 Å². The van der Waals surface area contributed by atoms with E-state index in [-0.39, 0.29) is 11.9 Å². The number of benzene rings is 1. The lowest BCUT2D eigenvalue weighted by Gasteiger charge is -2.09. The second-order valence-electron chi connectivity index (χ2n) is 3.79. The third kappa shape index (κ3) is 2.04. The fourth-order valence-corrected chi connectivity index (χ4v) is 1.33. The Morgan fingerprint density at radius 3 is 2.71 bits per heavy atom. The molecule has 0 spiro atoms. The molecule has 0 amide bonds. The predicted molar refractivity (Wildman–Crippen MR) is 52.7 cm³/mol. The number of nitrogens with two attached hydrogens (primary N) is 1. The molecule has 1 aliphatic carbocycles. The molecule has 1 saturated carbocycles. The monoisotopic (exact) mass is 195 g/mol.